The molecule has 0 radical (unpaired) electrons. The molecule has 0 amide bonds. The van der Waals surface area contributed by atoms with Crippen LogP contribution in [0.3, 0.4) is 0 Å². The van der Waals surface area contributed by atoms with Gasteiger partial charge in [0.1, 0.15) is 6.61 Å². The van der Waals surface area contributed by atoms with Gasteiger partial charge in [0.25, 0.3) is 0 Å². The van der Waals surface area contributed by atoms with Crippen molar-refractivity contribution in [3.63, 3.8) is 0 Å². The van der Waals surface area contributed by atoms with Crippen LogP contribution in [0, 0.1) is 5.41 Å². The number of hydrogen-bond acceptors (Lipinski definition) is 2. The van der Waals surface area contributed by atoms with Gasteiger partial charge in [0.05, 0.1) is 6.61 Å². The average Bonchev–Trinajstić information content (AvgIpc) is 2.13. The molecular formula is C12H24F3NO. The Kier molecular flexibility index (Phi) is 7.09. The molecule has 0 fully saturated rings. The van der Waals surface area contributed by atoms with Gasteiger partial charge >= 0.3 is 6.18 Å². The molecule has 1 unspecified atom stereocenters. The predicted molar refractivity (Wildman–Crippen MR) is 63.0 cm³/mol. The van der Waals surface area contributed by atoms with Crippen LogP contribution < -0.4 is 5.32 Å². The van der Waals surface area contributed by atoms with Gasteiger partial charge in [-0.3, -0.25) is 0 Å². The Morgan fingerprint density at radius 1 is 1.18 bits per heavy atom. The molecule has 104 valence electrons. The monoisotopic (exact) mass is 255 g/mol. The first kappa shape index (κ1) is 16.7. The molecule has 1 atom stereocenters. The van der Waals surface area contributed by atoms with Gasteiger partial charge in [-0.05, 0) is 6.42 Å². The summed E-state index contributed by atoms with van der Waals surface area (Å²) in [5, 5.41) is 3.26. The van der Waals surface area contributed by atoms with Crippen molar-refractivity contribution in [1.29, 1.82) is 0 Å². The normalized spacial score (nSPS) is 16.2. The Bertz CT molecular complexity index is 206. The maximum absolute atomic E-state index is 12.0. The van der Waals surface area contributed by atoms with Gasteiger partial charge < -0.3 is 10.1 Å². The third kappa shape index (κ3) is 9.41. The molecule has 0 saturated heterocycles. The van der Waals surface area contributed by atoms with Gasteiger partial charge in [0.15, 0.2) is 0 Å². The minimum Gasteiger partial charge on any atom is -0.371 e. The van der Waals surface area contributed by atoms with Gasteiger partial charge in [0.2, 0.25) is 0 Å². The van der Waals surface area contributed by atoms with Crippen molar-refractivity contribution in [1.82, 2.24) is 5.32 Å². The van der Waals surface area contributed by atoms with Gasteiger partial charge in [-0.2, -0.15) is 13.2 Å². The fourth-order valence-electron chi connectivity index (χ4n) is 1.68. The molecule has 0 rings (SSSR count). The minimum atomic E-state index is -4.24. The zero-order valence-electron chi connectivity index (χ0n) is 11.2. The van der Waals surface area contributed by atoms with Crippen LogP contribution in [-0.4, -0.2) is 32.0 Å². The van der Waals surface area contributed by atoms with E-state index in [0.29, 0.717) is 12.6 Å². The summed E-state index contributed by atoms with van der Waals surface area (Å²) in [5.74, 6) is 0. The Morgan fingerprint density at radius 3 is 2.18 bits per heavy atom. The summed E-state index contributed by atoms with van der Waals surface area (Å²) in [6.07, 6.45) is -2.45. The summed E-state index contributed by atoms with van der Waals surface area (Å²) in [4.78, 5) is 0. The van der Waals surface area contributed by atoms with Gasteiger partial charge in [-0.1, -0.05) is 34.1 Å². The number of nitrogens with one attached hydrogen (secondary N) is 1. The van der Waals surface area contributed by atoms with Crippen molar-refractivity contribution in [3.8, 4) is 0 Å². The Balaban J connectivity index is 4.11. The van der Waals surface area contributed by atoms with E-state index < -0.39 is 12.8 Å². The molecule has 0 bridgehead atoms. The minimum absolute atomic E-state index is 0.139. The van der Waals surface area contributed by atoms with Crippen molar-refractivity contribution >= 4 is 0 Å². The second-order valence-corrected chi connectivity index (χ2v) is 5.20. The van der Waals surface area contributed by atoms with Gasteiger partial charge in [-0.15, -0.1) is 0 Å². The maximum atomic E-state index is 12.0. The molecule has 0 spiro atoms. The summed E-state index contributed by atoms with van der Waals surface area (Å²) in [5.41, 5.74) is -0.232. The Morgan fingerprint density at radius 2 is 1.76 bits per heavy atom. The van der Waals surface area contributed by atoms with Crippen molar-refractivity contribution in [2.75, 3.05) is 19.8 Å². The van der Waals surface area contributed by atoms with Crippen molar-refractivity contribution in [3.05, 3.63) is 0 Å². The standard InChI is InChI=1S/C12H24F3NO/c1-5-6-11(4,7-16-10(2)3)8-17-9-12(13,14)15/h10,16H,5-9H2,1-4H3. The van der Waals surface area contributed by atoms with Gasteiger partial charge in [-0.25, -0.2) is 0 Å². The second-order valence-electron chi connectivity index (χ2n) is 5.20. The zero-order valence-corrected chi connectivity index (χ0v) is 11.2. The maximum Gasteiger partial charge on any atom is 0.411 e. The van der Waals surface area contributed by atoms with Gasteiger partial charge in [0, 0.05) is 18.0 Å². The molecule has 0 saturated carbocycles. The molecule has 1 N–H and O–H groups in total. The van der Waals surface area contributed by atoms with Crippen LogP contribution in [0.1, 0.15) is 40.5 Å². The van der Waals surface area contributed by atoms with Crippen LogP contribution in [-0.2, 0) is 4.74 Å². The largest absolute Gasteiger partial charge is 0.411 e. The van der Waals surface area contributed by atoms with Crippen LogP contribution >= 0.6 is 0 Å². The SMILES string of the molecule is CCCC(C)(CNC(C)C)COCC(F)(F)F. The first-order chi connectivity index (χ1) is 7.68. The number of alkyl halides is 3. The fraction of sp³-hybridized carbons (Fsp3) is 1.00. The number of hydrogen-bond donors (Lipinski definition) is 1. The van der Waals surface area contributed by atoms with Crippen LogP contribution in [0.4, 0.5) is 13.2 Å². The third-order valence-electron chi connectivity index (χ3n) is 2.51. The van der Waals surface area contributed by atoms with Crippen LogP contribution in [0.25, 0.3) is 0 Å². The average molecular weight is 255 g/mol. The zero-order chi connectivity index (χ0) is 13.5. The topological polar surface area (TPSA) is 21.3 Å². The van der Waals surface area contributed by atoms with E-state index >= 15 is 0 Å². The van der Waals surface area contributed by atoms with Crippen LogP contribution in [0.15, 0.2) is 0 Å². The molecular weight excluding hydrogens is 231 g/mol. The van der Waals surface area contributed by atoms with E-state index in [2.05, 4.69) is 5.32 Å². The van der Waals surface area contributed by atoms with E-state index in [0.717, 1.165) is 12.8 Å². The first-order valence-electron chi connectivity index (χ1n) is 6.06. The molecule has 0 aromatic heterocycles. The van der Waals surface area contributed by atoms with Crippen LogP contribution in [0.2, 0.25) is 0 Å². The highest BCUT2D eigenvalue weighted by molar-refractivity contribution is 4.77. The Labute approximate surface area is 102 Å². The molecule has 0 aliphatic heterocycles. The lowest BCUT2D eigenvalue weighted by Crippen LogP contribution is -2.39. The van der Waals surface area contributed by atoms with E-state index in [-0.39, 0.29) is 12.0 Å². The summed E-state index contributed by atoms with van der Waals surface area (Å²) < 4.78 is 40.8. The molecule has 0 aliphatic rings. The van der Waals surface area contributed by atoms with Crippen molar-refractivity contribution < 1.29 is 17.9 Å². The molecule has 2 nitrogen and oxygen atoms in total. The smallest absolute Gasteiger partial charge is 0.371 e. The summed E-state index contributed by atoms with van der Waals surface area (Å²) in [6, 6.07) is 0.328. The number of ether oxygens (including phenoxy) is 1. The summed E-state index contributed by atoms with van der Waals surface area (Å²) >= 11 is 0. The van der Waals surface area contributed by atoms with Crippen LogP contribution in [0.5, 0.6) is 0 Å². The van der Waals surface area contributed by atoms with E-state index in [1.807, 2.05) is 27.7 Å². The second kappa shape index (κ2) is 7.21. The van der Waals surface area contributed by atoms with E-state index in [1.54, 1.807) is 0 Å². The number of rotatable bonds is 8. The molecule has 0 aliphatic carbocycles. The van der Waals surface area contributed by atoms with E-state index in [1.165, 1.54) is 0 Å². The highest BCUT2D eigenvalue weighted by Gasteiger charge is 2.30. The molecule has 5 heteroatoms. The molecule has 0 heterocycles. The lowest BCUT2D eigenvalue weighted by atomic mass is 9.86. The lowest BCUT2D eigenvalue weighted by molar-refractivity contribution is -0.180. The van der Waals surface area contributed by atoms with E-state index in [9.17, 15) is 13.2 Å². The quantitative estimate of drug-likeness (QED) is 0.718. The van der Waals surface area contributed by atoms with Crippen molar-refractivity contribution in [2.45, 2.75) is 52.8 Å². The molecule has 17 heavy (non-hydrogen) atoms. The third-order valence-corrected chi connectivity index (χ3v) is 2.51. The summed E-state index contributed by atoms with van der Waals surface area (Å²) in [6.45, 7) is 7.68. The molecule has 0 aromatic carbocycles. The number of halogens is 3. The highest BCUT2D eigenvalue weighted by atomic mass is 19.4. The highest BCUT2D eigenvalue weighted by Crippen LogP contribution is 2.24. The lowest BCUT2D eigenvalue weighted by Gasteiger charge is -2.30. The first-order valence-corrected chi connectivity index (χ1v) is 6.06. The fourth-order valence-corrected chi connectivity index (χ4v) is 1.68. The van der Waals surface area contributed by atoms with Crippen molar-refractivity contribution in [2.24, 2.45) is 5.41 Å². The molecule has 0 aromatic rings. The van der Waals surface area contributed by atoms with E-state index in [4.69, 9.17) is 4.74 Å². The predicted octanol–water partition coefficient (Wildman–Crippen LogP) is 3.37. The summed E-state index contributed by atoms with van der Waals surface area (Å²) in [7, 11) is 0. The Hall–Kier alpha value is -0.290.